The van der Waals surface area contributed by atoms with Crippen molar-refractivity contribution >= 4 is 18.0 Å². The van der Waals surface area contributed by atoms with E-state index >= 15 is 0 Å². The summed E-state index contributed by atoms with van der Waals surface area (Å²) >= 11 is 0. The summed E-state index contributed by atoms with van der Waals surface area (Å²) in [6.07, 6.45) is 12.3. The molecule has 7 nitrogen and oxygen atoms in total. The van der Waals surface area contributed by atoms with E-state index in [2.05, 4.69) is 11.8 Å². The molecule has 1 aliphatic heterocycles. The van der Waals surface area contributed by atoms with Crippen LogP contribution in [0.5, 0.6) is 5.75 Å². The first kappa shape index (κ1) is 28.4. The second-order valence-electron chi connectivity index (χ2n) is 8.41. The Hall–Kier alpha value is -2.82. The van der Waals surface area contributed by atoms with Crippen molar-refractivity contribution in [3.63, 3.8) is 0 Å². The zero-order chi connectivity index (χ0) is 25.1. The van der Waals surface area contributed by atoms with Crippen LogP contribution in [0.3, 0.4) is 0 Å². The molecule has 1 unspecified atom stereocenters. The molecule has 0 spiro atoms. The third kappa shape index (κ3) is 12.4. The highest BCUT2D eigenvalue weighted by molar-refractivity contribution is 5.88. The van der Waals surface area contributed by atoms with Crippen LogP contribution < -0.4 is 4.74 Å². The molecule has 0 radical (unpaired) electrons. The standard InChI is InChI=1S/C28H38O7/c1-32-27(31)19-18-24-23(13-6-2-4-10-21-34-28-17-8-11-22-35-28)14-12-15-25(24)33-20-9-5-3-7-16-26(29)30/h12,14-15,18-19,28H,2-5,7-11,16-17,20-22H2,1H3,(H,29,30)/b19-18+. The van der Waals surface area contributed by atoms with Gasteiger partial charge in [-0.3, -0.25) is 4.79 Å². The van der Waals surface area contributed by atoms with Gasteiger partial charge in [0.25, 0.3) is 0 Å². The Kier molecular flexibility index (Phi) is 14.3. The van der Waals surface area contributed by atoms with E-state index in [-0.39, 0.29) is 12.7 Å². The topological polar surface area (TPSA) is 91.3 Å². The highest BCUT2D eigenvalue weighted by Gasteiger charge is 2.13. The van der Waals surface area contributed by atoms with E-state index in [1.54, 1.807) is 6.08 Å². The van der Waals surface area contributed by atoms with Crippen molar-refractivity contribution in [2.24, 2.45) is 0 Å². The number of hydrogen-bond donors (Lipinski definition) is 1. The predicted octanol–water partition coefficient (Wildman–Crippen LogP) is 5.35. The van der Waals surface area contributed by atoms with Crippen LogP contribution in [0.15, 0.2) is 24.3 Å². The number of methoxy groups -OCH3 is 1. The van der Waals surface area contributed by atoms with Gasteiger partial charge in [0.15, 0.2) is 6.29 Å². The SMILES string of the molecule is COC(=O)/C=C/c1c(C#CCCCCOC2CCCCO2)cccc1OCCCCCCC(=O)O. The summed E-state index contributed by atoms with van der Waals surface area (Å²) in [5.41, 5.74) is 1.53. The Balaban J connectivity index is 1.86. The molecule has 2 rings (SSSR count). The molecule has 0 saturated carbocycles. The first-order chi connectivity index (χ1) is 17.1. The number of carboxylic acids is 1. The molecule has 1 atom stereocenters. The number of carbonyl (C=O) groups is 2. The fourth-order valence-corrected chi connectivity index (χ4v) is 3.61. The molecule has 1 saturated heterocycles. The number of aliphatic carboxylic acids is 1. The van der Waals surface area contributed by atoms with Gasteiger partial charge in [-0.15, -0.1) is 0 Å². The minimum Gasteiger partial charge on any atom is -0.493 e. The number of ether oxygens (including phenoxy) is 4. The Morgan fingerprint density at radius 2 is 1.94 bits per heavy atom. The summed E-state index contributed by atoms with van der Waals surface area (Å²) in [5, 5.41) is 8.71. The van der Waals surface area contributed by atoms with Crippen molar-refractivity contribution in [1.29, 1.82) is 0 Å². The number of carboxylic acid groups (broad SMARTS) is 1. The summed E-state index contributed by atoms with van der Waals surface area (Å²) in [5.74, 6) is 5.88. The van der Waals surface area contributed by atoms with Gasteiger partial charge in [0.2, 0.25) is 0 Å². The summed E-state index contributed by atoms with van der Waals surface area (Å²) in [6.45, 7) is 1.98. The number of benzene rings is 1. The lowest BCUT2D eigenvalue weighted by molar-refractivity contribution is -0.162. The van der Waals surface area contributed by atoms with E-state index in [1.165, 1.54) is 19.6 Å². The van der Waals surface area contributed by atoms with Gasteiger partial charge >= 0.3 is 11.9 Å². The summed E-state index contributed by atoms with van der Waals surface area (Å²) in [4.78, 5) is 22.2. The second kappa shape index (κ2) is 17.6. The molecule has 1 aliphatic rings. The lowest BCUT2D eigenvalue weighted by Gasteiger charge is -2.22. The quantitative estimate of drug-likeness (QED) is 0.155. The zero-order valence-electron chi connectivity index (χ0n) is 20.8. The maximum Gasteiger partial charge on any atom is 0.330 e. The van der Waals surface area contributed by atoms with Crippen LogP contribution in [-0.4, -0.2) is 50.3 Å². The minimum atomic E-state index is -0.761. The first-order valence-electron chi connectivity index (χ1n) is 12.6. The lowest BCUT2D eigenvalue weighted by Crippen LogP contribution is -2.22. The van der Waals surface area contributed by atoms with Gasteiger partial charge in [-0.25, -0.2) is 4.79 Å². The number of esters is 1. The van der Waals surface area contributed by atoms with Crippen molar-refractivity contribution in [1.82, 2.24) is 0 Å². The molecular formula is C28H38O7. The van der Waals surface area contributed by atoms with Crippen molar-refractivity contribution in [2.45, 2.75) is 76.9 Å². The molecule has 0 bridgehead atoms. The van der Waals surface area contributed by atoms with Crippen LogP contribution in [-0.2, 0) is 23.8 Å². The van der Waals surface area contributed by atoms with E-state index in [9.17, 15) is 9.59 Å². The molecule has 1 aromatic carbocycles. The Labute approximate surface area is 208 Å². The van der Waals surface area contributed by atoms with Crippen LogP contribution in [0.1, 0.15) is 81.8 Å². The van der Waals surface area contributed by atoms with Gasteiger partial charge in [0, 0.05) is 43.3 Å². The largest absolute Gasteiger partial charge is 0.493 e. The van der Waals surface area contributed by atoms with Crippen LogP contribution in [0.4, 0.5) is 0 Å². The van der Waals surface area contributed by atoms with E-state index in [1.807, 2.05) is 18.2 Å². The lowest BCUT2D eigenvalue weighted by atomic mass is 10.1. The van der Waals surface area contributed by atoms with Crippen molar-refractivity contribution in [2.75, 3.05) is 26.9 Å². The monoisotopic (exact) mass is 486 g/mol. The van der Waals surface area contributed by atoms with Crippen LogP contribution in [0.2, 0.25) is 0 Å². The van der Waals surface area contributed by atoms with E-state index in [4.69, 9.17) is 24.1 Å². The number of hydrogen-bond acceptors (Lipinski definition) is 6. The smallest absolute Gasteiger partial charge is 0.330 e. The maximum absolute atomic E-state index is 11.6. The molecule has 0 aromatic heterocycles. The second-order valence-corrected chi connectivity index (χ2v) is 8.41. The van der Waals surface area contributed by atoms with Gasteiger partial charge in [-0.05, 0) is 63.2 Å². The summed E-state index contributed by atoms with van der Waals surface area (Å²) < 4.78 is 22.0. The van der Waals surface area contributed by atoms with Crippen LogP contribution >= 0.6 is 0 Å². The molecule has 1 heterocycles. The molecule has 0 aliphatic carbocycles. The molecule has 1 aromatic rings. The molecule has 1 N–H and O–H groups in total. The number of rotatable bonds is 15. The molecule has 0 amide bonds. The van der Waals surface area contributed by atoms with Gasteiger partial charge in [-0.2, -0.15) is 0 Å². The Morgan fingerprint density at radius 1 is 1.11 bits per heavy atom. The highest BCUT2D eigenvalue weighted by Crippen LogP contribution is 2.24. The van der Waals surface area contributed by atoms with Gasteiger partial charge in [0.05, 0.1) is 13.7 Å². The van der Waals surface area contributed by atoms with E-state index in [0.717, 1.165) is 69.1 Å². The predicted molar refractivity (Wildman–Crippen MR) is 134 cm³/mol. The average molecular weight is 487 g/mol. The van der Waals surface area contributed by atoms with E-state index in [0.29, 0.717) is 25.4 Å². The van der Waals surface area contributed by atoms with Crippen molar-refractivity contribution in [3.05, 3.63) is 35.4 Å². The Morgan fingerprint density at radius 3 is 2.71 bits per heavy atom. The Bertz CT molecular complexity index is 860. The average Bonchev–Trinajstić information content (AvgIpc) is 2.87. The molecular weight excluding hydrogens is 448 g/mol. The van der Waals surface area contributed by atoms with Crippen molar-refractivity contribution in [3.8, 4) is 17.6 Å². The first-order valence-corrected chi connectivity index (χ1v) is 12.6. The fraction of sp³-hybridized carbons (Fsp3) is 0.571. The van der Waals surface area contributed by atoms with Gasteiger partial charge in [-0.1, -0.05) is 30.7 Å². The normalized spacial score (nSPS) is 15.4. The van der Waals surface area contributed by atoms with Gasteiger partial charge in [0.1, 0.15) is 5.75 Å². The molecule has 1 fully saturated rings. The molecule has 7 heteroatoms. The maximum atomic E-state index is 11.6. The van der Waals surface area contributed by atoms with E-state index < -0.39 is 11.9 Å². The third-order valence-corrected chi connectivity index (χ3v) is 5.56. The van der Waals surface area contributed by atoms with Crippen LogP contribution in [0, 0.1) is 11.8 Å². The molecule has 192 valence electrons. The minimum absolute atomic E-state index is 0.0496. The zero-order valence-corrected chi connectivity index (χ0v) is 20.8. The number of unbranched alkanes of at least 4 members (excludes halogenated alkanes) is 5. The van der Waals surface area contributed by atoms with Crippen molar-refractivity contribution < 1.29 is 33.6 Å². The van der Waals surface area contributed by atoms with Gasteiger partial charge < -0.3 is 24.1 Å². The van der Waals surface area contributed by atoms with Crippen LogP contribution in [0.25, 0.3) is 6.08 Å². The highest BCUT2D eigenvalue weighted by atomic mass is 16.7. The number of carbonyl (C=O) groups excluding carboxylic acids is 1. The summed E-state index contributed by atoms with van der Waals surface area (Å²) in [7, 11) is 1.34. The third-order valence-electron chi connectivity index (χ3n) is 5.56. The summed E-state index contributed by atoms with van der Waals surface area (Å²) in [6, 6.07) is 5.66. The molecule has 35 heavy (non-hydrogen) atoms. The fourth-order valence-electron chi connectivity index (χ4n) is 3.61.